The second kappa shape index (κ2) is 3.34. The molecule has 0 spiro atoms. The standard InChI is InChI=1S/C10H15NOSi/c1-13(2,3)10(12)8-5-4-6-9(11)7-8/h4-7H,11H2,1-3H3. The lowest BCUT2D eigenvalue weighted by Gasteiger charge is -2.14. The van der Waals surface area contributed by atoms with Crippen LogP contribution in [0.2, 0.25) is 19.6 Å². The van der Waals surface area contributed by atoms with Crippen molar-refractivity contribution in [2.45, 2.75) is 19.6 Å². The number of carbonyl (C=O) groups is 1. The zero-order valence-electron chi connectivity index (χ0n) is 8.29. The predicted octanol–water partition coefficient (Wildman–Crippen LogP) is 2.33. The van der Waals surface area contributed by atoms with E-state index in [1.165, 1.54) is 0 Å². The second-order valence-corrected chi connectivity index (χ2v) is 9.16. The molecule has 0 aliphatic heterocycles. The van der Waals surface area contributed by atoms with Gasteiger partial charge >= 0.3 is 0 Å². The first-order valence-corrected chi connectivity index (χ1v) is 7.81. The average Bonchev–Trinajstić information content (AvgIpc) is 2.01. The number of nitrogens with two attached hydrogens (primary N) is 1. The minimum absolute atomic E-state index is 0.264. The van der Waals surface area contributed by atoms with Crippen molar-refractivity contribution in [3.8, 4) is 0 Å². The normalized spacial score (nSPS) is 11.3. The molecule has 2 nitrogen and oxygen atoms in total. The molecule has 0 radical (unpaired) electrons. The zero-order chi connectivity index (χ0) is 10.1. The van der Waals surface area contributed by atoms with Crippen molar-refractivity contribution in [3.63, 3.8) is 0 Å². The molecule has 0 bridgehead atoms. The topological polar surface area (TPSA) is 43.1 Å². The molecule has 0 heterocycles. The highest BCUT2D eigenvalue weighted by molar-refractivity contribution is 7.05. The van der Waals surface area contributed by atoms with E-state index in [1.807, 2.05) is 31.8 Å². The Morgan fingerprint density at radius 1 is 1.31 bits per heavy atom. The van der Waals surface area contributed by atoms with Gasteiger partial charge in [0.15, 0.2) is 0 Å². The van der Waals surface area contributed by atoms with E-state index in [-0.39, 0.29) is 5.41 Å². The molecule has 0 aliphatic rings. The first kappa shape index (κ1) is 9.99. The number of rotatable bonds is 2. The molecule has 1 aromatic rings. The molecular formula is C10H15NOSi. The van der Waals surface area contributed by atoms with Gasteiger partial charge in [0.1, 0.15) is 13.5 Å². The van der Waals surface area contributed by atoms with E-state index in [2.05, 4.69) is 0 Å². The van der Waals surface area contributed by atoms with Crippen LogP contribution in [0.25, 0.3) is 0 Å². The molecule has 0 atom stereocenters. The largest absolute Gasteiger partial charge is 0.399 e. The Labute approximate surface area is 79.8 Å². The van der Waals surface area contributed by atoms with Crippen molar-refractivity contribution in [3.05, 3.63) is 29.8 Å². The number of nitrogen functional groups attached to an aromatic ring is 1. The monoisotopic (exact) mass is 193 g/mol. The van der Waals surface area contributed by atoms with E-state index in [0.29, 0.717) is 5.69 Å². The van der Waals surface area contributed by atoms with Crippen LogP contribution >= 0.6 is 0 Å². The summed E-state index contributed by atoms with van der Waals surface area (Å²) >= 11 is 0. The van der Waals surface area contributed by atoms with Gasteiger partial charge in [0.05, 0.1) is 0 Å². The lowest BCUT2D eigenvalue weighted by molar-refractivity contribution is 0.106. The molecule has 13 heavy (non-hydrogen) atoms. The lowest BCUT2D eigenvalue weighted by Crippen LogP contribution is -2.33. The average molecular weight is 193 g/mol. The third-order valence-electron chi connectivity index (χ3n) is 1.83. The van der Waals surface area contributed by atoms with Crippen LogP contribution < -0.4 is 5.73 Å². The summed E-state index contributed by atoms with van der Waals surface area (Å²) < 4.78 is 0. The van der Waals surface area contributed by atoms with Crippen LogP contribution in [0.15, 0.2) is 24.3 Å². The highest BCUT2D eigenvalue weighted by Gasteiger charge is 2.25. The van der Waals surface area contributed by atoms with Gasteiger partial charge in [-0.05, 0) is 12.1 Å². The summed E-state index contributed by atoms with van der Waals surface area (Å²) in [5, 5.41) is 0.264. The highest BCUT2D eigenvalue weighted by atomic mass is 28.3. The van der Waals surface area contributed by atoms with Gasteiger partial charge < -0.3 is 10.5 Å². The third-order valence-corrected chi connectivity index (χ3v) is 3.48. The van der Waals surface area contributed by atoms with E-state index in [9.17, 15) is 4.79 Å². The zero-order valence-corrected chi connectivity index (χ0v) is 9.29. The van der Waals surface area contributed by atoms with Crippen LogP contribution in [-0.4, -0.2) is 13.5 Å². The number of benzene rings is 1. The van der Waals surface area contributed by atoms with Gasteiger partial charge in [0, 0.05) is 11.3 Å². The van der Waals surface area contributed by atoms with Crippen molar-refractivity contribution in [1.29, 1.82) is 0 Å². The van der Waals surface area contributed by atoms with E-state index < -0.39 is 8.07 Å². The van der Waals surface area contributed by atoms with Crippen LogP contribution in [0.5, 0.6) is 0 Å². The van der Waals surface area contributed by atoms with Crippen LogP contribution in [0.3, 0.4) is 0 Å². The van der Waals surface area contributed by atoms with Crippen molar-refractivity contribution < 1.29 is 4.79 Å². The van der Waals surface area contributed by atoms with Crippen LogP contribution in [0.4, 0.5) is 5.69 Å². The highest BCUT2D eigenvalue weighted by Crippen LogP contribution is 2.14. The Kier molecular flexibility index (Phi) is 2.57. The Bertz CT molecular complexity index is 328. The van der Waals surface area contributed by atoms with E-state index in [0.717, 1.165) is 5.56 Å². The summed E-state index contributed by atoms with van der Waals surface area (Å²) in [6.07, 6.45) is 0. The summed E-state index contributed by atoms with van der Waals surface area (Å²) in [6.45, 7) is 6.12. The summed E-state index contributed by atoms with van der Waals surface area (Å²) in [4.78, 5) is 11.8. The molecular weight excluding hydrogens is 178 g/mol. The molecule has 0 aromatic heterocycles. The van der Waals surface area contributed by atoms with Gasteiger partial charge in [0.2, 0.25) is 0 Å². The van der Waals surface area contributed by atoms with Gasteiger partial charge in [-0.3, -0.25) is 0 Å². The fraction of sp³-hybridized carbons (Fsp3) is 0.300. The fourth-order valence-electron chi connectivity index (χ4n) is 1.11. The molecule has 1 aromatic carbocycles. The molecule has 3 heteroatoms. The maximum atomic E-state index is 11.8. The van der Waals surface area contributed by atoms with Crippen LogP contribution in [-0.2, 0) is 0 Å². The Morgan fingerprint density at radius 2 is 1.92 bits per heavy atom. The van der Waals surface area contributed by atoms with E-state index in [4.69, 9.17) is 5.73 Å². The molecule has 0 saturated heterocycles. The van der Waals surface area contributed by atoms with Crippen LogP contribution in [0.1, 0.15) is 10.4 Å². The molecule has 0 aliphatic carbocycles. The smallest absolute Gasteiger partial charge is 0.139 e. The lowest BCUT2D eigenvalue weighted by atomic mass is 10.2. The SMILES string of the molecule is C[Si](C)(C)C(=O)c1cccc(N)c1. The van der Waals surface area contributed by atoms with E-state index in [1.54, 1.807) is 12.1 Å². The molecule has 2 N–H and O–H groups in total. The Morgan fingerprint density at radius 3 is 2.38 bits per heavy atom. The molecule has 1 rings (SSSR count). The summed E-state index contributed by atoms with van der Waals surface area (Å²) in [5.74, 6) is 0. The maximum absolute atomic E-state index is 11.8. The molecule has 0 amide bonds. The van der Waals surface area contributed by atoms with Crippen molar-refractivity contribution in [1.82, 2.24) is 0 Å². The van der Waals surface area contributed by atoms with Crippen molar-refractivity contribution in [2.75, 3.05) is 5.73 Å². The first-order chi connectivity index (χ1) is 5.91. The van der Waals surface area contributed by atoms with Gasteiger partial charge in [-0.25, -0.2) is 0 Å². The second-order valence-electron chi connectivity index (χ2n) is 4.20. The quantitative estimate of drug-likeness (QED) is 0.578. The molecule has 0 fully saturated rings. The number of carbonyl (C=O) groups excluding carboxylic acids is 1. The van der Waals surface area contributed by atoms with E-state index >= 15 is 0 Å². The third kappa shape index (κ3) is 2.42. The van der Waals surface area contributed by atoms with Gasteiger partial charge in [-0.15, -0.1) is 0 Å². The van der Waals surface area contributed by atoms with Gasteiger partial charge in [0.25, 0.3) is 0 Å². The maximum Gasteiger partial charge on any atom is 0.139 e. The number of hydrogen-bond acceptors (Lipinski definition) is 2. The molecule has 70 valence electrons. The molecule has 0 saturated carbocycles. The Balaban J connectivity index is 3.03. The van der Waals surface area contributed by atoms with Gasteiger partial charge in [-0.1, -0.05) is 31.8 Å². The van der Waals surface area contributed by atoms with Crippen molar-refractivity contribution >= 4 is 19.2 Å². The number of anilines is 1. The summed E-state index contributed by atoms with van der Waals surface area (Å²) in [6, 6.07) is 7.20. The fourth-order valence-corrected chi connectivity index (χ4v) is 2.13. The van der Waals surface area contributed by atoms with Gasteiger partial charge in [-0.2, -0.15) is 0 Å². The first-order valence-electron chi connectivity index (χ1n) is 4.31. The number of hydrogen-bond donors (Lipinski definition) is 1. The van der Waals surface area contributed by atoms with Crippen molar-refractivity contribution in [2.24, 2.45) is 0 Å². The molecule has 0 unspecified atom stereocenters. The Hall–Kier alpha value is -1.09. The minimum atomic E-state index is -1.72. The predicted molar refractivity (Wildman–Crippen MR) is 58.5 cm³/mol. The van der Waals surface area contributed by atoms with Crippen LogP contribution in [0, 0.1) is 0 Å². The summed E-state index contributed by atoms with van der Waals surface area (Å²) in [5.41, 5.74) is 7.01. The minimum Gasteiger partial charge on any atom is -0.399 e. The summed E-state index contributed by atoms with van der Waals surface area (Å²) in [7, 11) is -1.72.